The van der Waals surface area contributed by atoms with Crippen LogP contribution in [0.2, 0.25) is 0 Å². The molecule has 1 aromatic rings. The molecule has 0 radical (unpaired) electrons. The third-order valence-corrected chi connectivity index (χ3v) is 4.93. The highest BCUT2D eigenvalue weighted by atomic mass is 32.1. The fourth-order valence-corrected chi connectivity index (χ4v) is 4.01. The molecule has 4 unspecified atom stereocenters. The van der Waals surface area contributed by atoms with Crippen LogP contribution >= 0.6 is 11.3 Å². The zero-order valence-corrected chi connectivity index (χ0v) is 11.0. The maximum Gasteiger partial charge on any atom is 0.308 e. The Hall–Kier alpha value is -1.63. The predicted molar refractivity (Wildman–Crippen MR) is 69.7 cm³/mol. The first-order valence-electron chi connectivity index (χ1n) is 6.31. The summed E-state index contributed by atoms with van der Waals surface area (Å²) >= 11 is 1.20. The normalized spacial score (nSPS) is 32.4. The SMILES string of the molecule is Nc1nc(C(=O)NC2C3CCC(C3)C2C(=O)O)cs1. The van der Waals surface area contributed by atoms with Crippen molar-refractivity contribution in [2.24, 2.45) is 17.8 Å². The molecule has 1 heterocycles. The molecule has 0 spiro atoms. The molecular formula is C12H15N3O3S. The lowest BCUT2D eigenvalue weighted by Gasteiger charge is -2.28. The van der Waals surface area contributed by atoms with E-state index in [4.69, 9.17) is 5.73 Å². The van der Waals surface area contributed by atoms with Gasteiger partial charge in [0.05, 0.1) is 5.92 Å². The van der Waals surface area contributed by atoms with Gasteiger partial charge < -0.3 is 16.2 Å². The third kappa shape index (κ3) is 2.07. The second-order valence-electron chi connectivity index (χ2n) is 5.27. The van der Waals surface area contributed by atoms with Crippen molar-refractivity contribution in [2.45, 2.75) is 25.3 Å². The van der Waals surface area contributed by atoms with E-state index in [0.29, 0.717) is 5.13 Å². The van der Waals surface area contributed by atoms with Gasteiger partial charge >= 0.3 is 5.97 Å². The number of hydrogen-bond acceptors (Lipinski definition) is 5. The lowest BCUT2D eigenvalue weighted by atomic mass is 9.84. The largest absolute Gasteiger partial charge is 0.481 e. The van der Waals surface area contributed by atoms with Gasteiger partial charge in [-0.05, 0) is 31.1 Å². The van der Waals surface area contributed by atoms with Crippen molar-refractivity contribution in [2.75, 3.05) is 5.73 Å². The summed E-state index contributed by atoms with van der Waals surface area (Å²) in [6, 6.07) is -0.272. The summed E-state index contributed by atoms with van der Waals surface area (Å²) in [4.78, 5) is 27.3. The predicted octanol–water partition coefficient (Wildman–Crippen LogP) is 0.954. The number of rotatable bonds is 3. The number of nitrogens with two attached hydrogens (primary N) is 1. The number of amides is 1. The van der Waals surface area contributed by atoms with Crippen LogP contribution in [0.5, 0.6) is 0 Å². The van der Waals surface area contributed by atoms with Gasteiger partial charge in [0.1, 0.15) is 5.69 Å². The molecule has 19 heavy (non-hydrogen) atoms. The van der Waals surface area contributed by atoms with E-state index in [9.17, 15) is 14.7 Å². The Balaban J connectivity index is 1.75. The number of carboxylic acid groups (broad SMARTS) is 1. The lowest BCUT2D eigenvalue weighted by Crippen LogP contribution is -2.46. The molecular weight excluding hydrogens is 266 g/mol. The van der Waals surface area contributed by atoms with Crippen molar-refractivity contribution < 1.29 is 14.7 Å². The van der Waals surface area contributed by atoms with Crippen LogP contribution in [-0.2, 0) is 4.79 Å². The van der Waals surface area contributed by atoms with Gasteiger partial charge in [-0.15, -0.1) is 11.3 Å². The van der Waals surface area contributed by atoms with Gasteiger partial charge in [-0.25, -0.2) is 4.98 Å². The molecule has 2 saturated carbocycles. The maximum atomic E-state index is 12.0. The Morgan fingerprint density at radius 3 is 2.79 bits per heavy atom. The molecule has 4 N–H and O–H groups in total. The molecule has 102 valence electrons. The summed E-state index contributed by atoms with van der Waals surface area (Å²) in [5.74, 6) is -1.11. The summed E-state index contributed by atoms with van der Waals surface area (Å²) in [7, 11) is 0. The van der Waals surface area contributed by atoms with Crippen LogP contribution in [-0.4, -0.2) is 28.0 Å². The second kappa shape index (κ2) is 4.48. The molecule has 0 aromatic carbocycles. The number of carbonyl (C=O) groups is 2. The Bertz CT molecular complexity index is 530. The molecule has 3 rings (SSSR count). The van der Waals surface area contributed by atoms with E-state index >= 15 is 0 Å². The number of anilines is 1. The number of carboxylic acids is 1. The summed E-state index contributed by atoms with van der Waals surface area (Å²) in [6.07, 6.45) is 2.86. The zero-order chi connectivity index (χ0) is 13.6. The molecule has 0 aliphatic heterocycles. The van der Waals surface area contributed by atoms with E-state index < -0.39 is 11.9 Å². The molecule has 6 nitrogen and oxygen atoms in total. The number of nitrogens with zero attached hydrogens (tertiary/aromatic N) is 1. The maximum absolute atomic E-state index is 12.0. The van der Waals surface area contributed by atoms with E-state index in [1.165, 1.54) is 11.3 Å². The van der Waals surface area contributed by atoms with Gasteiger partial charge in [-0.3, -0.25) is 9.59 Å². The van der Waals surface area contributed by atoms with Gasteiger partial charge in [0.15, 0.2) is 5.13 Å². The molecule has 1 aromatic heterocycles. The highest BCUT2D eigenvalue weighted by Crippen LogP contribution is 2.48. The summed E-state index contributed by atoms with van der Waals surface area (Å²) < 4.78 is 0. The highest BCUT2D eigenvalue weighted by molar-refractivity contribution is 7.13. The van der Waals surface area contributed by atoms with E-state index in [-0.39, 0.29) is 29.5 Å². The van der Waals surface area contributed by atoms with E-state index in [0.717, 1.165) is 19.3 Å². The molecule has 1 amide bonds. The van der Waals surface area contributed by atoms with Crippen molar-refractivity contribution in [3.8, 4) is 0 Å². The van der Waals surface area contributed by atoms with E-state index in [1.54, 1.807) is 5.38 Å². The fraction of sp³-hybridized carbons (Fsp3) is 0.583. The quantitative estimate of drug-likeness (QED) is 0.765. The molecule has 2 bridgehead atoms. The number of carbonyl (C=O) groups excluding carboxylic acids is 1. The van der Waals surface area contributed by atoms with Crippen LogP contribution in [0.3, 0.4) is 0 Å². The topological polar surface area (TPSA) is 105 Å². The Morgan fingerprint density at radius 2 is 2.16 bits per heavy atom. The number of thiazole rings is 1. The van der Waals surface area contributed by atoms with Crippen molar-refractivity contribution >= 4 is 28.3 Å². The van der Waals surface area contributed by atoms with Gasteiger partial charge in [-0.2, -0.15) is 0 Å². The number of aromatic nitrogens is 1. The monoisotopic (exact) mass is 281 g/mol. The van der Waals surface area contributed by atoms with Gasteiger partial charge in [0.2, 0.25) is 0 Å². The van der Waals surface area contributed by atoms with Crippen LogP contribution in [0.15, 0.2) is 5.38 Å². The van der Waals surface area contributed by atoms with Crippen LogP contribution in [0.25, 0.3) is 0 Å². The van der Waals surface area contributed by atoms with Crippen molar-refractivity contribution in [1.29, 1.82) is 0 Å². The van der Waals surface area contributed by atoms with Crippen molar-refractivity contribution in [3.05, 3.63) is 11.1 Å². The first-order valence-corrected chi connectivity index (χ1v) is 7.19. The van der Waals surface area contributed by atoms with E-state index in [2.05, 4.69) is 10.3 Å². The average Bonchev–Trinajstić information content (AvgIpc) is 3.03. The highest BCUT2D eigenvalue weighted by Gasteiger charge is 2.51. The Morgan fingerprint density at radius 1 is 1.42 bits per heavy atom. The van der Waals surface area contributed by atoms with Crippen LogP contribution in [0, 0.1) is 17.8 Å². The standard InChI is InChI=1S/C12H15N3O3S/c13-12-14-7(4-19-12)10(16)15-9-6-2-1-5(3-6)8(9)11(17)18/h4-6,8-9H,1-3H2,(H2,13,14)(H,15,16)(H,17,18). The first kappa shape index (κ1) is 12.4. The van der Waals surface area contributed by atoms with Gasteiger partial charge in [-0.1, -0.05) is 0 Å². The van der Waals surface area contributed by atoms with Gasteiger partial charge in [0.25, 0.3) is 5.91 Å². The Kier molecular flexibility index (Phi) is 2.93. The molecule has 7 heteroatoms. The fourth-order valence-electron chi connectivity index (χ4n) is 3.47. The molecule has 2 aliphatic rings. The second-order valence-corrected chi connectivity index (χ2v) is 6.16. The zero-order valence-electron chi connectivity index (χ0n) is 10.2. The smallest absolute Gasteiger partial charge is 0.308 e. The third-order valence-electron chi connectivity index (χ3n) is 4.25. The summed E-state index contributed by atoms with van der Waals surface area (Å²) in [6.45, 7) is 0. The molecule has 2 aliphatic carbocycles. The summed E-state index contributed by atoms with van der Waals surface area (Å²) in [5, 5.41) is 14.1. The minimum Gasteiger partial charge on any atom is -0.481 e. The number of hydrogen-bond donors (Lipinski definition) is 3. The molecule has 4 atom stereocenters. The number of nitrogen functional groups attached to an aromatic ring is 1. The average molecular weight is 281 g/mol. The number of aliphatic carboxylic acids is 1. The number of nitrogens with one attached hydrogen (secondary N) is 1. The first-order chi connectivity index (χ1) is 9.06. The molecule has 2 fully saturated rings. The van der Waals surface area contributed by atoms with E-state index in [1.807, 2.05) is 0 Å². The minimum atomic E-state index is -0.810. The van der Waals surface area contributed by atoms with Gasteiger partial charge in [0, 0.05) is 11.4 Å². The van der Waals surface area contributed by atoms with Crippen LogP contribution < -0.4 is 11.1 Å². The minimum absolute atomic E-state index is 0.202. The Labute approximate surface area is 114 Å². The number of fused-ring (bicyclic) bond motifs is 2. The lowest BCUT2D eigenvalue weighted by molar-refractivity contribution is -0.144. The van der Waals surface area contributed by atoms with Crippen molar-refractivity contribution in [1.82, 2.24) is 10.3 Å². The van der Waals surface area contributed by atoms with Crippen LogP contribution in [0.4, 0.5) is 5.13 Å². The van der Waals surface area contributed by atoms with Crippen LogP contribution in [0.1, 0.15) is 29.8 Å². The van der Waals surface area contributed by atoms with Crippen molar-refractivity contribution in [3.63, 3.8) is 0 Å². The molecule has 0 saturated heterocycles. The summed E-state index contributed by atoms with van der Waals surface area (Å²) in [5.41, 5.74) is 5.77.